The van der Waals surface area contributed by atoms with E-state index in [1.165, 1.54) is 20.3 Å². The van der Waals surface area contributed by atoms with Gasteiger partial charge in [-0.3, -0.25) is 0 Å². The number of hydrogen-bond acceptors (Lipinski definition) is 14. The maximum absolute atomic E-state index is 13.9. The number of primary amides is 1. The van der Waals surface area contributed by atoms with E-state index in [1.807, 2.05) is 47.6 Å². The lowest BCUT2D eigenvalue weighted by molar-refractivity contribution is -0.338. The van der Waals surface area contributed by atoms with Gasteiger partial charge in [0.25, 0.3) is 0 Å². The van der Waals surface area contributed by atoms with Crippen LogP contribution < -0.4 is 5.73 Å². The molecular formula is C45H73NO14. The van der Waals surface area contributed by atoms with Gasteiger partial charge in [0.05, 0.1) is 49.8 Å². The monoisotopic (exact) mass is 852 g/mol. The molecule has 2 saturated heterocycles. The van der Waals surface area contributed by atoms with Crippen molar-refractivity contribution in [2.75, 3.05) is 14.2 Å². The number of amides is 1. The van der Waals surface area contributed by atoms with Gasteiger partial charge in [-0.15, -0.1) is 0 Å². The average Bonchev–Trinajstić information content (AvgIpc) is 3.18. The van der Waals surface area contributed by atoms with Gasteiger partial charge >= 0.3 is 12.1 Å². The van der Waals surface area contributed by atoms with Gasteiger partial charge in [0.1, 0.15) is 12.2 Å². The highest BCUT2D eigenvalue weighted by Crippen LogP contribution is 2.42. The lowest BCUT2D eigenvalue weighted by Crippen LogP contribution is -2.59. The number of carbonyl (C=O) groups excluding carboxylic acids is 2. The van der Waals surface area contributed by atoms with Gasteiger partial charge in [-0.2, -0.15) is 0 Å². The van der Waals surface area contributed by atoms with Crippen LogP contribution in [0.25, 0.3) is 0 Å². The van der Waals surface area contributed by atoms with Crippen LogP contribution in [0, 0.1) is 35.5 Å². The van der Waals surface area contributed by atoms with Gasteiger partial charge in [0.15, 0.2) is 18.2 Å². The maximum atomic E-state index is 13.9. The molecule has 3 aliphatic heterocycles. The van der Waals surface area contributed by atoms with E-state index in [9.17, 15) is 35.1 Å². The second kappa shape index (κ2) is 22.8. The van der Waals surface area contributed by atoms with Crippen LogP contribution in [0.4, 0.5) is 4.79 Å². The van der Waals surface area contributed by atoms with E-state index < -0.39 is 103 Å². The number of nitrogens with two attached hydrogens (primary N) is 1. The first kappa shape index (κ1) is 51.2. The lowest BCUT2D eigenvalue weighted by Gasteiger charge is -2.49. The zero-order chi connectivity index (χ0) is 45.2. The Morgan fingerprint density at radius 2 is 1.72 bits per heavy atom. The molecule has 0 saturated carbocycles. The summed E-state index contributed by atoms with van der Waals surface area (Å²) >= 11 is 0. The van der Waals surface area contributed by atoms with E-state index in [0.717, 1.165) is 5.57 Å². The first-order valence-corrected chi connectivity index (χ1v) is 21.1. The average molecular weight is 852 g/mol. The van der Waals surface area contributed by atoms with E-state index in [2.05, 4.69) is 0 Å². The molecule has 2 fully saturated rings. The molecule has 0 aromatic rings. The number of methoxy groups -OCH3 is 2. The van der Waals surface area contributed by atoms with Crippen molar-refractivity contribution in [1.29, 1.82) is 0 Å². The summed E-state index contributed by atoms with van der Waals surface area (Å²) < 4.78 is 41.3. The Bertz CT molecular complexity index is 1550. The standard InChI is InChI=1S/C45H73NO14/c1-13-15-33-27(6)36(57-37-21-32(47)42(31(10)56-37)59-44(46)52)22-45(53,60-33)30(9)40(50)29(8)41-34(54-11)17-14-16-23(2)18-25(4)38(48)28(7)39(49)26(5)19-24(3)20-35(55-12)43(51)58-41/h13-17,19-20,25-34,36-42,47-50,53H,18,21-22H2,1-12H3,(H2,46,52)/b15-13+,17-14-,23-16+,24-19-,35-20-. The minimum Gasteiger partial charge on any atom is -0.490 e. The summed E-state index contributed by atoms with van der Waals surface area (Å²) in [7, 11) is 2.80. The minimum absolute atomic E-state index is 0.0314. The van der Waals surface area contributed by atoms with Gasteiger partial charge in [0, 0.05) is 49.5 Å². The van der Waals surface area contributed by atoms with E-state index >= 15 is 0 Å². The molecule has 0 spiro atoms. The Balaban J connectivity index is 1.99. The van der Waals surface area contributed by atoms with Crippen molar-refractivity contribution in [3.8, 4) is 0 Å². The van der Waals surface area contributed by atoms with E-state index in [1.54, 1.807) is 58.1 Å². The third-order valence-electron chi connectivity index (χ3n) is 12.5. The summed E-state index contributed by atoms with van der Waals surface area (Å²) in [6.07, 6.45) is 1.54. The van der Waals surface area contributed by atoms with Crippen LogP contribution in [0.5, 0.6) is 0 Å². The van der Waals surface area contributed by atoms with Crippen molar-refractivity contribution in [2.24, 2.45) is 41.2 Å². The topological polar surface area (TPSA) is 226 Å². The van der Waals surface area contributed by atoms with E-state index in [-0.39, 0.29) is 36.4 Å². The first-order chi connectivity index (χ1) is 28.1. The molecule has 3 aliphatic rings. The number of rotatable bonds is 10. The van der Waals surface area contributed by atoms with Crippen LogP contribution in [0.15, 0.2) is 59.4 Å². The van der Waals surface area contributed by atoms with Crippen LogP contribution in [0.1, 0.15) is 88.5 Å². The van der Waals surface area contributed by atoms with Crippen molar-refractivity contribution in [2.45, 2.75) is 162 Å². The lowest BCUT2D eigenvalue weighted by atomic mass is 9.77. The highest BCUT2D eigenvalue weighted by Gasteiger charge is 2.52. The number of aliphatic hydroxyl groups excluding tert-OH is 4. The predicted molar refractivity (Wildman–Crippen MR) is 224 cm³/mol. The molecule has 60 heavy (non-hydrogen) atoms. The van der Waals surface area contributed by atoms with Gasteiger partial charge in [-0.25, -0.2) is 9.59 Å². The largest absolute Gasteiger partial charge is 0.490 e. The molecule has 18 unspecified atom stereocenters. The highest BCUT2D eigenvalue weighted by molar-refractivity contribution is 5.87. The van der Waals surface area contributed by atoms with Crippen molar-refractivity contribution in [3.63, 3.8) is 0 Å². The molecule has 3 heterocycles. The van der Waals surface area contributed by atoms with Crippen molar-refractivity contribution >= 4 is 12.1 Å². The summed E-state index contributed by atoms with van der Waals surface area (Å²) in [4.78, 5) is 25.3. The zero-order valence-electron chi connectivity index (χ0n) is 37.5. The molecular weight excluding hydrogens is 778 g/mol. The molecule has 0 aromatic heterocycles. The van der Waals surface area contributed by atoms with Crippen LogP contribution in [0.3, 0.4) is 0 Å². The van der Waals surface area contributed by atoms with E-state index in [0.29, 0.717) is 12.0 Å². The fraction of sp³-hybridized carbons (Fsp3) is 0.733. The van der Waals surface area contributed by atoms with Gasteiger partial charge in [-0.05, 0) is 46.1 Å². The summed E-state index contributed by atoms with van der Waals surface area (Å²) in [6, 6.07) is 0. The third kappa shape index (κ3) is 13.2. The summed E-state index contributed by atoms with van der Waals surface area (Å²) in [5, 5.41) is 57.6. The van der Waals surface area contributed by atoms with Crippen LogP contribution in [-0.4, -0.2) is 125 Å². The molecule has 0 bridgehead atoms. The Kier molecular flexibility index (Phi) is 19.5. The summed E-state index contributed by atoms with van der Waals surface area (Å²) in [5.41, 5.74) is 6.76. The number of carbonyl (C=O) groups is 2. The zero-order valence-corrected chi connectivity index (χ0v) is 37.5. The molecule has 0 radical (unpaired) electrons. The second-order valence-electron chi connectivity index (χ2n) is 17.3. The maximum Gasteiger partial charge on any atom is 0.404 e. The minimum atomic E-state index is -1.97. The van der Waals surface area contributed by atoms with Gasteiger partial charge in [0.2, 0.25) is 5.76 Å². The highest BCUT2D eigenvalue weighted by atomic mass is 16.7. The molecule has 15 heteroatoms. The predicted octanol–water partition coefficient (Wildman–Crippen LogP) is 4.59. The Morgan fingerprint density at radius 3 is 2.30 bits per heavy atom. The Hall–Kier alpha value is -3.12. The van der Waals surface area contributed by atoms with Gasteiger partial charge in [-0.1, -0.05) is 89.1 Å². The Labute approximate surface area is 356 Å². The molecule has 0 aromatic carbocycles. The third-order valence-corrected chi connectivity index (χ3v) is 12.5. The first-order valence-electron chi connectivity index (χ1n) is 21.1. The van der Waals surface area contributed by atoms with Crippen molar-refractivity contribution in [1.82, 2.24) is 0 Å². The summed E-state index contributed by atoms with van der Waals surface area (Å²) in [5.74, 6) is -6.06. The summed E-state index contributed by atoms with van der Waals surface area (Å²) in [6.45, 7) is 18.0. The molecule has 1 amide bonds. The van der Waals surface area contributed by atoms with Crippen LogP contribution in [0.2, 0.25) is 0 Å². The number of esters is 1. The number of hydrogen-bond donors (Lipinski definition) is 6. The number of aliphatic hydroxyl groups is 5. The molecule has 15 nitrogen and oxygen atoms in total. The van der Waals surface area contributed by atoms with Crippen LogP contribution in [-0.2, 0) is 38.0 Å². The smallest absolute Gasteiger partial charge is 0.404 e. The second-order valence-corrected chi connectivity index (χ2v) is 17.3. The molecule has 0 aliphatic carbocycles. The quantitative estimate of drug-likeness (QED) is 0.131. The molecule has 3 rings (SSSR count). The SMILES string of the molecule is C/C=C/C1OC(O)(C(C)C(O)C(C)C2OC(=O)/C(OC)=C/C(C)=C\C(C)C(O)C(C)C(O)C(C)C/C(C)=C/C=C\C2OC)CC(OC2CC(O)C(OC(N)=O)C(C)O2)C1C. The fourth-order valence-corrected chi connectivity index (χ4v) is 8.64. The normalized spacial score (nSPS) is 42.7. The van der Waals surface area contributed by atoms with Gasteiger partial charge < -0.3 is 64.4 Å². The van der Waals surface area contributed by atoms with Crippen LogP contribution >= 0.6 is 0 Å². The molecule has 7 N–H and O–H groups in total. The molecule has 342 valence electrons. The number of allylic oxidation sites excluding steroid dienone is 6. The number of ether oxygens (including phenoxy) is 7. The van der Waals surface area contributed by atoms with Crippen molar-refractivity contribution < 1.29 is 68.3 Å². The Morgan fingerprint density at radius 1 is 1.05 bits per heavy atom. The molecule has 18 atom stereocenters. The van der Waals surface area contributed by atoms with Crippen molar-refractivity contribution in [3.05, 3.63) is 59.4 Å². The number of cyclic esters (lactones) is 1. The van der Waals surface area contributed by atoms with E-state index in [4.69, 9.17) is 38.9 Å². The fourth-order valence-electron chi connectivity index (χ4n) is 8.64.